The Bertz CT molecular complexity index is 329. The zero-order chi connectivity index (χ0) is 12.7. The summed E-state index contributed by atoms with van der Waals surface area (Å²) < 4.78 is 6.30. The summed E-state index contributed by atoms with van der Waals surface area (Å²) in [6.07, 6.45) is 2.30. The van der Waals surface area contributed by atoms with Gasteiger partial charge in [-0.1, -0.05) is 13.8 Å². The molecule has 0 fully saturated rings. The maximum absolute atomic E-state index is 5.05. The summed E-state index contributed by atoms with van der Waals surface area (Å²) in [4.78, 5) is 1.45. The first-order valence-corrected chi connectivity index (χ1v) is 7.70. The molecule has 0 saturated heterocycles. The van der Waals surface area contributed by atoms with Gasteiger partial charge in [-0.3, -0.25) is 0 Å². The molecular weight excluding hydrogens is 298 g/mol. The Labute approximate surface area is 117 Å². The number of methoxy groups -OCH3 is 1. The Morgan fingerprint density at radius 1 is 1.53 bits per heavy atom. The van der Waals surface area contributed by atoms with Crippen molar-refractivity contribution < 1.29 is 4.74 Å². The van der Waals surface area contributed by atoms with E-state index in [4.69, 9.17) is 4.74 Å². The number of ether oxygens (including phenoxy) is 1. The minimum Gasteiger partial charge on any atom is -0.383 e. The van der Waals surface area contributed by atoms with E-state index in [-0.39, 0.29) is 0 Å². The first kappa shape index (κ1) is 15.2. The quantitative estimate of drug-likeness (QED) is 0.737. The van der Waals surface area contributed by atoms with Crippen LogP contribution in [0.15, 0.2) is 15.9 Å². The van der Waals surface area contributed by atoms with Gasteiger partial charge in [0.2, 0.25) is 0 Å². The largest absolute Gasteiger partial charge is 0.383 e. The summed E-state index contributed by atoms with van der Waals surface area (Å²) in [5, 5.41) is 5.62. The lowest BCUT2D eigenvalue weighted by atomic mass is 9.83. The highest BCUT2D eigenvalue weighted by atomic mass is 79.9. The van der Waals surface area contributed by atoms with Gasteiger partial charge in [0.25, 0.3) is 0 Å². The topological polar surface area (TPSA) is 21.3 Å². The molecule has 0 aliphatic rings. The van der Waals surface area contributed by atoms with Gasteiger partial charge in [0.05, 0.1) is 6.61 Å². The standard InChI is InChI=1S/C13H22BrNOS/c1-4-13(2,10-15-6-7-16-3)9-12-11(14)5-8-17-12/h5,8,15H,4,6-7,9-10H2,1-3H3. The SMILES string of the molecule is CCC(C)(CNCCOC)Cc1sccc1Br. The summed E-state index contributed by atoms with van der Waals surface area (Å²) in [5.41, 5.74) is 0.321. The molecule has 4 heteroatoms. The highest BCUT2D eigenvalue weighted by Gasteiger charge is 2.23. The minimum atomic E-state index is 0.321. The van der Waals surface area contributed by atoms with Crippen LogP contribution >= 0.6 is 27.3 Å². The molecule has 1 atom stereocenters. The van der Waals surface area contributed by atoms with Crippen LogP contribution in [0.5, 0.6) is 0 Å². The van der Waals surface area contributed by atoms with Crippen molar-refractivity contribution in [2.75, 3.05) is 26.8 Å². The number of hydrogen-bond donors (Lipinski definition) is 1. The molecule has 1 heterocycles. The van der Waals surface area contributed by atoms with Crippen molar-refractivity contribution in [3.63, 3.8) is 0 Å². The normalized spacial score (nSPS) is 14.8. The van der Waals surface area contributed by atoms with E-state index in [0.29, 0.717) is 5.41 Å². The van der Waals surface area contributed by atoms with Gasteiger partial charge in [-0.05, 0) is 45.6 Å². The third kappa shape index (κ3) is 5.08. The minimum absolute atomic E-state index is 0.321. The van der Waals surface area contributed by atoms with Gasteiger partial charge in [0, 0.05) is 29.5 Å². The van der Waals surface area contributed by atoms with E-state index in [0.717, 1.165) is 26.1 Å². The average molecular weight is 320 g/mol. The van der Waals surface area contributed by atoms with E-state index in [1.165, 1.54) is 15.8 Å². The van der Waals surface area contributed by atoms with E-state index >= 15 is 0 Å². The van der Waals surface area contributed by atoms with Crippen molar-refractivity contribution >= 4 is 27.3 Å². The van der Waals surface area contributed by atoms with Crippen LogP contribution in [0.2, 0.25) is 0 Å². The second-order valence-electron chi connectivity index (χ2n) is 4.70. The summed E-state index contributed by atoms with van der Waals surface area (Å²) in [6, 6.07) is 2.13. The molecule has 0 radical (unpaired) electrons. The van der Waals surface area contributed by atoms with Gasteiger partial charge in [-0.15, -0.1) is 11.3 Å². The molecule has 0 amide bonds. The maximum atomic E-state index is 5.05. The predicted octanol–water partition coefficient (Wildman–Crippen LogP) is 3.71. The van der Waals surface area contributed by atoms with Crippen molar-refractivity contribution in [1.29, 1.82) is 0 Å². The zero-order valence-corrected chi connectivity index (χ0v) is 13.3. The molecular formula is C13H22BrNOS. The smallest absolute Gasteiger partial charge is 0.0587 e. The molecule has 0 aliphatic carbocycles. The van der Waals surface area contributed by atoms with Crippen LogP contribution < -0.4 is 5.32 Å². The van der Waals surface area contributed by atoms with Gasteiger partial charge < -0.3 is 10.1 Å². The molecule has 0 saturated carbocycles. The first-order valence-electron chi connectivity index (χ1n) is 6.03. The number of thiophene rings is 1. The Balaban J connectivity index is 2.47. The highest BCUT2D eigenvalue weighted by molar-refractivity contribution is 9.10. The van der Waals surface area contributed by atoms with Crippen molar-refractivity contribution in [3.8, 4) is 0 Å². The van der Waals surface area contributed by atoms with E-state index in [1.807, 2.05) is 11.3 Å². The van der Waals surface area contributed by atoms with Crippen molar-refractivity contribution in [2.24, 2.45) is 5.41 Å². The maximum Gasteiger partial charge on any atom is 0.0587 e. The Kier molecular flexibility index (Phi) is 6.70. The zero-order valence-electron chi connectivity index (χ0n) is 10.9. The van der Waals surface area contributed by atoms with Crippen LogP contribution in [0.1, 0.15) is 25.1 Å². The molecule has 1 aromatic heterocycles. The third-order valence-electron chi connectivity index (χ3n) is 3.17. The molecule has 0 bridgehead atoms. The van der Waals surface area contributed by atoms with Crippen molar-refractivity contribution in [3.05, 3.63) is 20.8 Å². The van der Waals surface area contributed by atoms with Gasteiger partial charge in [0.15, 0.2) is 0 Å². The molecule has 17 heavy (non-hydrogen) atoms. The van der Waals surface area contributed by atoms with E-state index in [2.05, 4.69) is 46.5 Å². The summed E-state index contributed by atoms with van der Waals surface area (Å²) in [7, 11) is 1.74. The lowest BCUT2D eigenvalue weighted by Crippen LogP contribution is -2.34. The number of nitrogens with one attached hydrogen (secondary N) is 1. The van der Waals surface area contributed by atoms with Crippen LogP contribution in [0, 0.1) is 5.41 Å². The fourth-order valence-corrected chi connectivity index (χ4v) is 3.42. The number of rotatable bonds is 8. The second kappa shape index (κ2) is 7.52. The Morgan fingerprint density at radius 2 is 2.29 bits per heavy atom. The fourth-order valence-electron chi connectivity index (χ4n) is 1.72. The summed E-state index contributed by atoms with van der Waals surface area (Å²) in [6.45, 7) is 7.36. The van der Waals surface area contributed by atoms with Gasteiger partial charge >= 0.3 is 0 Å². The molecule has 0 spiro atoms. The van der Waals surface area contributed by atoms with Crippen LogP contribution in [0.4, 0.5) is 0 Å². The van der Waals surface area contributed by atoms with Crippen LogP contribution in [-0.2, 0) is 11.2 Å². The monoisotopic (exact) mass is 319 g/mol. The first-order chi connectivity index (χ1) is 8.11. The molecule has 0 aliphatic heterocycles. The van der Waals surface area contributed by atoms with Crippen LogP contribution in [0.3, 0.4) is 0 Å². The van der Waals surface area contributed by atoms with Crippen molar-refractivity contribution in [1.82, 2.24) is 5.32 Å². The highest BCUT2D eigenvalue weighted by Crippen LogP contribution is 2.32. The molecule has 1 aromatic rings. The molecule has 2 nitrogen and oxygen atoms in total. The van der Waals surface area contributed by atoms with Gasteiger partial charge in [-0.2, -0.15) is 0 Å². The Hall–Kier alpha value is 0.100. The Morgan fingerprint density at radius 3 is 2.82 bits per heavy atom. The molecule has 1 rings (SSSR count). The summed E-state index contributed by atoms with van der Waals surface area (Å²) in [5.74, 6) is 0. The van der Waals surface area contributed by atoms with E-state index in [9.17, 15) is 0 Å². The second-order valence-corrected chi connectivity index (χ2v) is 6.56. The molecule has 1 N–H and O–H groups in total. The average Bonchev–Trinajstić information content (AvgIpc) is 2.71. The summed E-state index contributed by atoms with van der Waals surface area (Å²) >= 11 is 5.45. The third-order valence-corrected chi connectivity index (χ3v) is 5.09. The predicted molar refractivity (Wildman–Crippen MR) is 78.9 cm³/mol. The van der Waals surface area contributed by atoms with Gasteiger partial charge in [0.1, 0.15) is 0 Å². The van der Waals surface area contributed by atoms with Crippen molar-refractivity contribution in [2.45, 2.75) is 26.7 Å². The van der Waals surface area contributed by atoms with Crippen LogP contribution in [0.25, 0.3) is 0 Å². The number of halogens is 1. The number of hydrogen-bond acceptors (Lipinski definition) is 3. The molecule has 98 valence electrons. The molecule has 1 unspecified atom stereocenters. The van der Waals surface area contributed by atoms with E-state index in [1.54, 1.807) is 7.11 Å². The fraction of sp³-hybridized carbons (Fsp3) is 0.692. The van der Waals surface area contributed by atoms with Gasteiger partial charge in [-0.25, -0.2) is 0 Å². The van der Waals surface area contributed by atoms with Crippen LogP contribution in [-0.4, -0.2) is 26.8 Å². The lowest BCUT2D eigenvalue weighted by Gasteiger charge is -2.28. The lowest BCUT2D eigenvalue weighted by molar-refractivity contribution is 0.191. The van der Waals surface area contributed by atoms with E-state index < -0.39 is 0 Å². The molecule has 0 aromatic carbocycles.